The van der Waals surface area contributed by atoms with Crippen molar-refractivity contribution in [3.05, 3.63) is 29.6 Å². The lowest BCUT2D eigenvalue weighted by atomic mass is 10.0. The molecule has 0 radical (unpaired) electrons. The summed E-state index contributed by atoms with van der Waals surface area (Å²) < 4.78 is 13.4. The van der Waals surface area contributed by atoms with E-state index >= 15 is 0 Å². The number of amides is 1. The topological polar surface area (TPSA) is 65.4 Å². The second-order valence-corrected chi connectivity index (χ2v) is 7.70. The molecule has 3 aliphatic rings. The van der Waals surface area contributed by atoms with E-state index in [1.54, 1.807) is 0 Å². The second-order valence-electron chi connectivity index (χ2n) is 7.70. The number of carbonyl (C=O) groups is 1. The fourth-order valence-corrected chi connectivity index (χ4v) is 4.16. The number of allylic oxidation sites excluding steroid dienone is 2. The van der Waals surface area contributed by atoms with E-state index in [1.807, 2.05) is 0 Å². The van der Waals surface area contributed by atoms with Gasteiger partial charge >= 0.3 is 0 Å². The number of aromatic nitrogens is 2. The van der Waals surface area contributed by atoms with Crippen LogP contribution in [0.15, 0.2) is 18.3 Å². The van der Waals surface area contributed by atoms with Gasteiger partial charge in [0.1, 0.15) is 6.10 Å². The van der Waals surface area contributed by atoms with Crippen LogP contribution in [0.25, 0.3) is 0 Å². The Morgan fingerprint density at radius 1 is 1.27 bits per heavy atom. The summed E-state index contributed by atoms with van der Waals surface area (Å²) in [7, 11) is 0. The van der Waals surface area contributed by atoms with Gasteiger partial charge in [-0.1, -0.05) is 12.2 Å². The molecule has 0 saturated carbocycles. The zero-order valence-corrected chi connectivity index (χ0v) is 15.4. The molecule has 26 heavy (non-hydrogen) atoms. The van der Waals surface area contributed by atoms with E-state index < -0.39 is 0 Å². The van der Waals surface area contributed by atoms with Crippen LogP contribution in [0.5, 0.6) is 0 Å². The van der Waals surface area contributed by atoms with Crippen LogP contribution in [0.1, 0.15) is 49.5 Å². The summed E-state index contributed by atoms with van der Waals surface area (Å²) >= 11 is 0. The standard InChI is InChI=1S/C20H29N3O3/c24-19(11-15-3-1-2-4-15)21-12-18-20-17(7-10-26-18)14-23(22-20)13-16-5-8-25-9-6-16/h1,3,14-16,18H,2,4-13H2,(H,21,24). The highest BCUT2D eigenvalue weighted by Crippen LogP contribution is 2.27. The summed E-state index contributed by atoms with van der Waals surface area (Å²) in [6.45, 7) is 3.88. The monoisotopic (exact) mass is 359 g/mol. The predicted octanol–water partition coefficient (Wildman–Crippen LogP) is 2.40. The van der Waals surface area contributed by atoms with Crippen molar-refractivity contribution < 1.29 is 14.3 Å². The summed E-state index contributed by atoms with van der Waals surface area (Å²) in [6.07, 6.45) is 12.3. The van der Waals surface area contributed by atoms with Crippen LogP contribution in [-0.4, -0.2) is 42.1 Å². The van der Waals surface area contributed by atoms with Gasteiger partial charge in [-0.25, -0.2) is 0 Å². The van der Waals surface area contributed by atoms with Crippen LogP contribution in [0.2, 0.25) is 0 Å². The minimum atomic E-state index is -0.127. The maximum absolute atomic E-state index is 12.2. The molecule has 4 rings (SSSR count). The van der Waals surface area contributed by atoms with E-state index in [0.29, 0.717) is 31.4 Å². The molecule has 1 aliphatic carbocycles. The molecule has 1 aromatic heterocycles. The molecule has 1 aromatic rings. The highest BCUT2D eigenvalue weighted by atomic mass is 16.5. The molecule has 2 unspecified atom stereocenters. The summed E-state index contributed by atoms with van der Waals surface area (Å²) in [6, 6.07) is 0. The molecule has 1 N–H and O–H groups in total. The third-order valence-electron chi connectivity index (χ3n) is 5.70. The van der Waals surface area contributed by atoms with Crippen LogP contribution >= 0.6 is 0 Å². The van der Waals surface area contributed by atoms with Crippen LogP contribution in [0, 0.1) is 11.8 Å². The van der Waals surface area contributed by atoms with E-state index in [4.69, 9.17) is 14.6 Å². The number of nitrogens with zero attached hydrogens (tertiary/aromatic N) is 2. The molecular formula is C20H29N3O3. The SMILES string of the molecule is O=C(CC1C=CCC1)NCC1OCCc2cn(CC3CCOCC3)nc21. The Morgan fingerprint density at radius 3 is 2.96 bits per heavy atom. The van der Waals surface area contributed by atoms with Crippen molar-refractivity contribution in [3.8, 4) is 0 Å². The second kappa shape index (κ2) is 8.35. The Hall–Kier alpha value is -1.66. The average Bonchev–Trinajstić information content (AvgIpc) is 3.30. The van der Waals surface area contributed by atoms with E-state index in [2.05, 4.69) is 28.3 Å². The molecule has 0 bridgehead atoms. The maximum Gasteiger partial charge on any atom is 0.220 e. The molecule has 2 atom stereocenters. The number of ether oxygens (including phenoxy) is 2. The van der Waals surface area contributed by atoms with E-state index in [-0.39, 0.29) is 12.0 Å². The number of rotatable bonds is 6. The molecule has 0 spiro atoms. The Kier molecular flexibility index (Phi) is 5.70. The first-order valence-corrected chi connectivity index (χ1v) is 9.97. The van der Waals surface area contributed by atoms with Gasteiger partial charge in [0.25, 0.3) is 0 Å². The van der Waals surface area contributed by atoms with Crippen LogP contribution in [-0.2, 0) is 27.2 Å². The molecule has 1 fully saturated rings. The van der Waals surface area contributed by atoms with Crippen molar-refractivity contribution in [2.75, 3.05) is 26.4 Å². The Balaban J connectivity index is 1.32. The van der Waals surface area contributed by atoms with Gasteiger partial charge in [-0.15, -0.1) is 0 Å². The molecule has 3 heterocycles. The first kappa shape index (κ1) is 17.7. The fraction of sp³-hybridized carbons (Fsp3) is 0.700. The Bertz CT molecular complexity index is 649. The zero-order chi connectivity index (χ0) is 17.8. The summed E-state index contributed by atoms with van der Waals surface area (Å²) in [5.41, 5.74) is 2.27. The van der Waals surface area contributed by atoms with E-state index in [0.717, 1.165) is 57.6 Å². The summed E-state index contributed by atoms with van der Waals surface area (Å²) in [5, 5.41) is 7.84. The molecule has 6 nitrogen and oxygen atoms in total. The first-order valence-electron chi connectivity index (χ1n) is 9.97. The Labute approximate surface area is 154 Å². The highest BCUT2D eigenvalue weighted by Gasteiger charge is 2.26. The van der Waals surface area contributed by atoms with Gasteiger partial charge in [-0.05, 0) is 49.5 Å². The van der Waals surface area contributed by atoms with Gasteiger partial charge in [0, 0.05) is 38.9 Å². The lowest BCUT2D eigenvalue weighted by Gasteiger charge is -2.22. The number of nitrogens with one attached hydrogen (secondary N) is 1. The predicted molar refractivity (Wildman–Crippen MR) is 97.7 cm³/mol. The first-order chi connectivity index (χ1) is 12.8. The number of hydrogen-bond donors (Lipinski definition) is 1. The number of fused-ring (bicyclic) bond motifs is 1. The van der Waals surface area contributed by atoms with Gasteiger partial charge in [0.2, 0.25) is 5.91 Å². The van der Waals surface area contributed by atoms with Crippen molar-refractivity contribution in [2.45, 2.75) is 51.2 Å². The van der Waals surface area contributed by atoms with Gasteiger partial charge < -0.3 is 14.8 Å². The maximum atomic E-state index is 12.2. The molecule has 0 aromatic carbocycles. The number of carbonyl (C=O) groups excluding carboxylic acids is 1. The summed E-state index contributed by atoms with van der Waals surface area (Å²) in [4.78, 5) is 12.2. The molecule has 2 aliphatic heterocycles. The third kappa shape index (κ3) is 4.35. The minimum Gasteiger partial charge on any atom is -0.381 e. The van der Waals surface area contributed by atoms with Gasteiger partial charge in [-0.3, -0.25) is 9.48 Å². The minimum absolute atomic E-state index is 0.110. The third-order valence-corrected chi connectivity index (χ3v) is 5.70. The van der Waals surface area contributed by atoms with Gasteiger partial charge in [0.15, 0.2) is 0 Å². The van der Waals surface area contributed by atoms with Crippen molar-refractivity contribution in [2.24, 2.45) is 11.8 Å². The molecule has 6 heteroatoms. The largest absolute Gasteiger partial charge is 0.381 e. The number of hydrogen-bond acceptors (Lipinski definition) is 4. The van der Waals surface area contributed by atoms with Crippen LogP contribution in [0.3, 0.4) is 0 Å². The summed E-state index contributed by atoms with van der Waals surface area (Å²) in [5.74, 6) is 1.15. The molecule has 142 valence electrons. The molecule has 1 saturated heterocycles. The average molecular weight is 359 g/mol. The smallest absolute Gasteiger partial charge is 0.220 e. The van der Waals surface area contributed by atoms with Crippen LogP contribution < -0.4 is 5.32 Å². The van der Waals surface area contributed by atoms with Crippen molar-refractivity contribution in [3.63, 3.8) is 0 Å². The van der Waals surface area contributed by atoms with Crippen molar-refractivity contribution in [1.82, 2.24) is 15.1 Å². The van der Waals surface area contributed by atoms with Crippen LogP contribution in [0.4, 0.5) is 0 Å². The van der Waals surface area contributed by atoms with E-state index in [9.17, 15) is 4.79 Å². The highest BCUT2D eigenvalue weighted by molar-refractivity contribution is 5.76. The Morgan fingerprint density at radius 2 is 2.15 bits per heavy atom. The fourth-order valence-electron chi connectivity index (χ4n) is 4.16. The normalized spacial score (nSPS) is 26.0. The lowest BCUT2D eigenvalue weighted by molar-refractivity contribution is -0.122. The molecule has 1 amide bonds. The molecular weight excluding hydrogens is 330 g/mol. The zero-order valence-electron chi connectivity index (χ0n) is 15.4. The quantitative estimate of drug-likeness (QED) is 0.792. The van der Waals surface area contributed by atoms with E-state index in [1.165, 1.54) is 5.56 Å². The van der Waals surface area contributed by atoms with Crippen molar-refractivity contribution >= 4 is 5.91 Å². The van der Waals surface area contributed by atoms with Gasteiger partial charge in [-0.2, -0.15) is 5.10 Å². The lowest BCUT2D eigenvalue weighted by Crippen LogP contribution is -2.32. The van der Waals surface area contributed by atoms with Gasteiger partial charge in [0.05, 0.1) is 12.3 Å². The van der Waals surface area contributed by atoms with Crippen molar-refractivity contribution in [1.29, 1.82) is 0 Å².